The van der Waals surface area contributed by atoms with Gasteiger partial charge in [0.05, 0.1) is 23.5 Å². The zero-order valence-electron chi connectivity index (χ0n) is 15.1. The number of fused-ring (bicyclic) bond motifs is 1. The number of nitrogens with zero attached hydrogens (tertiary/aromatic N) is 4. The number of aromatic nitrogens is 3. The maximum absolute atomic E-state index is 4.01. The predicted molar refractivity (Wildman–Crippen MR) is 101 cm³/mol. The molecule has 2 heterocycles. The van der Waals surface area contributed by atoms with Crippen LogP contribution in [0.5, 0.6) is 0 Å². The Morgan fingerprint density at radius 1 is 1.00 bits per heavy atom. The summed E-state index contributed by atoms with van der Waals surface area (Å²) in [5.41, 5.74) is 6.13. The molecule has 3 aromatic rings. The Hall–Kier alpha value is -2.72. The highest BCUT2D eigenvalue weighted by atomic mass is 35.5. The van der Waals surface area contributed by atoms with Gasteiger partial charge in [-0.25, -0.2) is 4.68 Å². The molecule has 0 bridgehead atoms. The highest BCUT2D eigenvalue weighted by Gasteiger charge is 2.42. The zero-order chi connectivity index (χ0) is 17.4. The van der Waals surface area contributed by atoms with E-state index in [9.17, 15) is 0 Å². The first-order chi connectivity index (χ1) is 12.1. The average molecular weight is 365 g/mol. The normalized spacial score (nSPS) is 15.2. The summed E-state index contributed by atoms with van der Waals surface area (Å²) in [5.74, 6) is 0. The Morgan fingerprint density at radius 2 is 1.73 bits per heavy atom. The number of rotatable bonds is 3. The summed E-state index contributed by atoms with van der Waals surface area (Å²) in [6, 6.07) is 16.9. The van der Waals surface area contributed by atoms with Crippen LogP contribution in [0.4, 0.5) is 5.69 Å². The molecule has 5 heteroatoms. The van der Waals surface area contributed by atoms with Gasteiger partial charge in [0.1, 0.15) is 7.05 Å². The Balaban J connectivity index is 0.00000196. The minimum absolute atomic E-state index is 0. The summed E-state index contributed by atoms with van der Waals surface area (Å²) >= 11 is 0. The molecule has 2 aromatic carbocycles. The van der Waals surface area contributed by atoms with Gasteiger partial charge in [0.25, 0.3) is 0 Å². The molecular weight excluding hydrogens is 344 g/mol. The number of benzene rings is 2. The van der Waals surface area contributed by atoms with Crippen molar-refractivity contribution in [2.75, 3.05) is 7.05 Å². The van der Waals surface area contributed by atoms with Crippen LogP contribution in [0.2, 0.25) is 0 Å². The quantitative estimate of drug-likeness (QED) is 0.649. The third kappa shape index (κ3) is 2.97. The molecular formula is C21H21ClN4. The van der Waals surface area contributed by atoms with E-state index >= 15 is 0 Å². The van der Waals surface area contributed by atoms with Gasteiger partial charge in [-0.1, -0.05) is 35.5 Å². The van der Waals surface area contributed by atoms with Crippen LogP contribution < -0.4 is 12.4 Å². The number of hydrogen-bond acceptors (Lipinski definition) is 2. The molecule has 4 nitrogen and oxygen atoms in total. The molecule has 0 saturated heterocycles. The van der Waals surface area contributed by atoms with Gasteiger partial charge in [0.2, 0.25) is 5.69 Å². The van der Waals surface area contributed by atoms with E-state index in [0.717, 1.165) is 11.3 Å². The summed E-state index contributed by atoms with van der Waals surface area (Å²) in [6.45, 7) is 4.56. The van der Waals surface area contributed by atoms with Crippen LogP contribution in [-0.4, -0.2) is 32.3 Å². The smallest absolute Gasteiger partial charge is 0.209 e. The maximum Gasteiger partial charge on any atom is 0.209 e. The van der Waals surface area contributed by atoms with Crippen LogP contribution in [-0.2, 0) is 5.41 Å². The summed E-state index contributed by atoms with van der Waals surface area (Å²) in [5, 5.41) is 7.86. The zero-order valence-corrected chi connectivity index (χ0v) is 15.9. The third-order valence-electron chi connectivity index (χ3n) is 4.95. The van der Waals surface area contributed by atoms with E-state index < -0.39 is 0 Å². The minimum atomic E-state index is 0. The van der Waals surface area contributed by atoms with Gasteiger partial charge in [-0.3, -0.25) is 0 Å². The van der Waals surface area contributed by atoms with Crippen LogP contribution in [0.3, 0.4) is 0 Å². The third-order valence-corrected chi connectivity index (χ3v) is 4.95. The van der Waals surface area contributed by atoms with Gasteiger partial charge in [0.15, 0.2) is 5.71 Å². The van der Waals surface area contributed by atoms with Crippen LogP contribution >= 0.6 is 0 Å². The summed E-state index contributed by atoms with van der Waals surface area (Å²) in [4.78, 5) is 0. The first kappa shape index (κ1) is 18.1. The first-order valence-electron chi connectivity index (χ1n) is 8.43. The van der Waals surface area contributed by atoms with Gasteiger partial charge in [0, 0.05) is 17.7 Å². The van der Waals surface area contributed by atoms with E-state index in [1.54, 1.807) is 10.9 Å². The number of allylic oxidation sites excluding steroid dienone is 1. The molecule has 0 radical (unpaired) electrons. The molecule has 0 amide bonds. The van der Waals surface area contributed by atoms with Gasteiger partial charge in [-0.2, -0.15) is 4.58 Å². The standard InChI is InChI=1S/C21H21N4.ClH/c1-21(2)18-6-4-5-7-19(18)24(3)20(21)13-10-16-8-11-17(12-9-16)25-15-14-22-23-25;/h4-15H,1-3H3;1H/q+1;/p-1. The van der Waals surface area contributed by atoms with Crippen molar-refractivity contribution in [3.05, 3.63) is 78.1 Å². The van der Waals surface area contributed by atoms with Crippen molar-refractivity contribution < 1.29 is 17.0 Å². The Bertz CT molecular complexity index is 968. The van der Waals surface area contributed by atoms with Crippen molar-refractivity contribution in [2.45, 2.75) is 19.3 Å². The lowest BCUT2D eigenvalue weighted by atomic mass is 9.81. The second-order valence-corrected chi connectivity index (χ2v) is 6.86. The number of halogens is 1. The van der Waals surface area contributed by atoms with E-state index in [0.29, 0.717) is 0 Å². The molecule has 132 valence electrons. The highest BCUT2D eigenvalue weighted by Crippen LogP contribution is 2.39. The lowest BCUT2D eigenvalue weighted by molar-refractivity contribution is -0.401. The van der Waals surface area contributed by atoms with Crippen molar-refractivity contribution in [3.8, 4) is 5.69 Å². The average Bonchev–Trinajstić information content (AvgIpc) is 3.22. The Morgan fingerprint density at radius 3 is 2.38 bits per heavy atom. The molecule has 0 saturated carbocycles. The molecule has 1 aliphatic rings. The van der Waals surface area contributed by atoms with Crippen molar-refractivity contribution >= 4 is 17.5 Å². The van der Waals surface area contributed by atoms with Gasteiger partial charge < -0.3 is 12.4 Å². The molecule has 0 spiro atoms. The van der Waals surface area contributed by atoms with Gasteiger partial charge in [-0.15, -0.1) is 5.10 Å². The Kier molecular flexibility index (Phi) is 4.79. The monoisotopic (exact) mass is 364 g/mol. The molecule has 0 aliphatic carbocycles. The summed E-state index contributed by atoms with van der Waals surface area (Å²) in [7, 11) is 2.14. The summed E-state index contributed by atoms with van der Waals surface area (Å²) in [6.07, 6.45) is 7.92. The lowest BCUT2D eigenvalue weighted by Gasteiger charge is -2.15. The Labute approximate surface area is 159 Å². The van der Waals surface area contributed by atoms with E-state index in [4.69, 9.17) is 0 Å². The van der Waals surface area contributed by atoms with E-state index in [-0.39, 0.29) is 17.8 Å². The van der Waals surface area contributed by atoms with Gasteiger partial charge >= 0.3 is 0 Å². The lowest BCUT2D eigenvalue weighted by Crippen LogP contribution is -3.00. The van der Waals surface area contributed by atoms with Crippen molar-refractivity contribution in [1.29, 1.82) is 0 Å². The molecule has 0 N–H and O–H groups in total. The highest BCUT2D eigenvalue weighted by molar-refractivity contribution is 6.05. The van der Waals surface area contributed by atoms with Gasteiger partial charge in [-0.05, 0) is 37.6 Å². The molecule has 26 heavy (non-hydrogen) atoms. The van der Waals surface area contributed by atoms with Crippen LogP contribution in [0.1, 0.15) is 25.0 Å². The molecule has 1 aromatic heterocycles. The van der Waals surface area contributed by atoms with Crippen LogP contribution in [0.15, 0.2) is 67.0 Å². The van der Waals surface area contributed by atoms with Crippen molar-refractivity contribution in [3.63, 3.8) is 0 Å². The SMILES string of the molecule is C[N+]1=C(/C=C/c2ccc(-n3ccnn3)cc2)C(C)(C)c2ccccc21.[Cl-]. The summed E-state index contributed by atoms with van der Waals surface area (Å²) < 4.78 is 4.04. The predicted octanol–water partition coefficient (Wildman–Crippen LogP) is 0.991. The van der Waals surface area contributed by atoms with E-state index in [1.807, 2.05) is 6.20 Å². The maximum atomic E-state index is 4.01. The van der Waals surface area contributed by atoms with E-state index in [1.165, 1.54) is 17.0 Å². The fraction of sp³-hybridized carbons (Fsp3) is 0.190. The number of hydrogen-bond donors (Lipinski definition) is 0. The fourth-order valence-electron chi connectivity index (χ4n) is 3.56. The molecule has 0 fully saturated rings. The van der Waals surface area contributed by atoms with Crippen LogP contribution in [0, 0.1) is 0 Å². The van der Waals surface area contributed by atoms with E-state index in [2.05, 4.69) is 96.5 Å². The molecule has 4 rings (SSSR count). The topological polar surface area (TPSA) is 33.7 Å². The second-order valence-electron chi connectivity index (χ2n) is 6.86. The fourth-order valence-corrected chi connectivity index (χ4v) is 3.56. The van der Waals surface area contributed by atoms with Crippen molar-refractivity contribution in [1.82, 2.24) is 15.0 Å². The first-order valence-corrected chi connectivity index (χ1v) is 8.43. The van der Waals surface area contributed by atoms with Crippen LogP contribution in [0.25, 0.3) is 11.8 Å². The second kappa shape index (κ2) is 6.89. The molecule has 0 atom stereocenters. The van der Waals surface area contributed by atoms with Crippen molar-refractivity contribution in [2.24, 2.45) is 0 Å². The molecule has 0 unspecified atom stereocenters. The largest absolute Gasteiger partial charge is 1.00 e. The minimum Gasteiger partial charge on any atom is -1.00 e. The molecule has 1 aliphatic heterocycles. The number of para-hydroxylation sites is 1.